The Balaban J connectivity index is 0.00000242. The molecule has 0 aliphatic carbocycles. The summed E-state index contributed by atoms with van der Waals surface area (Å²) in [6, 6.07) is 7.19. The molecule has 0 aliphatic heterocycles. The molecular weight excluding hydrogens is 327 g/mol. The molecule has 0 fully saturated rings. The summed E-state index contributed by atoms with van der Waals surface area (Å²) in [5.74, 6) is 0.789. The zero-order valence-electron chi connectivity index (χ0n) is 12.1. The van der Waals surface area contributed by atoms with Gasteiger partial charge in [0.15, 0.2) is 0 Å². The molecule has 8 heteroatoms. The van der Waals surface area contributed by atoms with Crippen molar-refractivity contribution < 1.29 is 9.32 Å². The van der Waals surface area contributed by atoms with Crippen molar-refractivity contribution >= 4 is 29.9 Å². The lowest BCUT2D eigenvalue weighted by molar-refractivity contribution is -0.121. The van der Waals surface area contributed by atoms with Gasteiger partial charge in [-0.3, -0.25) is 4.79 Å². The van der Waals surface area contributed by atoms with Gasteiger partial charge in [0.2, 0.25) is 17.6 Å². The first kappa shape index (κ1) is 18.4. The van der Waals surface area contributed by atoms with Gasteiger partial charge in [-0.05, 0) is 32.1 Å². The second kappa shape index (κ2) is 9.40. The highest BCUT2D eigenvalue weighted by Gasteiger charge is 2.10. The molecule has 6 nitrogen and oxygen atoms in total. The molecule has 0 bridgehead atoms. The summed E-state index contributed by atoms with van der Waals surface area (Å²) in [5, 5.41) is 10.2. The van der Waals surface area contributed by atoms with Crippen molar-refractivity contribution in [2.75, 3.05) is 13.6 Å². The predicted molar refractivity (Wildman–Crippen MR) is 87.0 cm³/mol. The highest BCUT2D eigenvalue weighted by Crippen LogP contribution is 2.19. The molecule has 2 aromatic rings. The maximum Gasteiger partial charge on any atom is 0.246 e. The minimum atomic E-state index is -0.0345. The van der Waals surface area contributed by atoms with E-state index in [0.717, 1.165) is 18.5 Å². The van der Waals surface area contributed by atoms with Crippen LogP contribution in [-0.4, -0.2) is 29.6 Å². The number of amides is 1. The van der Waals surface area contributed by atoms with Gasteiger partial charge in [-0.15, -0.1) is 12.4 Å². The first-order valence-electron chi connectivity index (χ1n) is 6.69. The fraction of sp³-hybridized carbons (Fsp3) is 0.357. The number of aromatic nitrogens is 2. The molecule has 0 spiro atoms. The van der Waals surface area contributed by atoms with E-state index in [1.54, 1.807) is 12.1 Å². The third-order valence-corrected chi connectivity index (χ3v) is 3.05. The average molecular weight is 345 g/mol. The first-order valence-corrected chi connectivity index (χ1v) is 7.06. The Hall–Kier alpha value is -1.63. The fourth-order valence-corrected chi connectivity index (χ4v) is 1.95. The number of hydrogen-bond acceptors (Lipinski definition) is 5. The normalized spacial score (nSPS) is 10.1. The second-order valence-electron chi connectivity index (χ2n) is 4.51. The number of halogens is 2. The van der Waals surface area contributed by atoms with Crippen molar-refractivity contribution in [3.8, 4) is 11.4 Å². The lowest BCUT2D eigenvalue weighted by Crippen LogP contribution is -2.23. The second-order valence-corrected chi connectivity index (χ2v) is 4.94. The average Bonchev–Trinajstić information content (AvgIpc) is 2.94. The summed E-state index contributed by atoms with van der Waals surface area (Å²) in [6.45, 7) is 1.04. The third-order valence-electron chi connectivity index (χ3n) is 2.82. The lowest BCUT2D eigenvalue weighted by Gasteiger charge is -2.01. The predicted octanol–water partition coefficient (Wildman–Crippen LogP) is 2.43. The molecule has 1 heterocycles. The Labute approximate surface area is 140 Å². The Morgan fingerprint density at radius 3 is 2.95 bits per heavy atom. The maximum atomic E-state index is 11.6. The van der Waals surface area contributed by atoms with Crippen LogP contribution in [0.1, 0.15) is 18.7 Å². The van der Waals surface area contributed by atoms with Crippen LogP contribution in [0.15, 0.2) is 28.8 Å². The molecule has 0 aliphatic rings. The van der Waals surface area contributed by atoms with E-state index in [2.05, 4.69) is 20.8 Å². The molecule has 2 N–H and O–H groups in total. The molecule has 1 aromatic heterocycles. The third kappa shape index (κ3) is 5.63. The molecule has 0 unspecified atom stereocenters. The van der Waals surface area contributed by atoms with Crippen LogP contribution in [-0.2, 0) is 11.3 Å². The maximum absolute atomic E-state index is 11.6. The van der Waals surface area contributed by atoms with Crippen LogP contribution in [0.3, 0.4) is 0 Å². The van der Waals surface area contributed by atoms with E-state index in [0.29, 0.717) is 23.2 Å². The largest absolute Gasteiger partial charge is 0.347 e. The molecular formula is C14H18Cl2N4O2. The SMILES string of the molecule is CNCCCC(=O)NCc1nc(-c2cccc(Cl)c2)no1.Cl. The van der Waals surface area contributed by atoms with E-state index in [4.69, 9.17) is 16.1 Å². The van der Waals surface area contributed by atoms with Crippen LogP contribution in [0.25, 0.3) is 11.4 Å². The Morgan fingerprint density at radius 2 is 2.23 bits per heavy atom. The number of carbonyl (C=O) groups excluding carboxylic acids is 1. The number of hydrogen-bond donors (Lipinski definition) is 2. The fourth-order valence-electron chi connectivity index (χ4n) is 1.76. The van der Waals surface area contributed by atoms with E-state index < -0.39 is 0 Å². The summed E-state index contributed by atoms with van der Waals surface area (Å²) in [6.07, 6.45) is 1.26. The highest BCUT2D eigenvalue weighted by atomic mass is 35.5. The monoisotopic (exact) mass is 344 g/mol. The summed E-state index contributed by atoms with van der Waals surface area (Å²) in [4.78, 5) is 15.8. The summed E-state index contributed by atoms with van der Waals surface area (Å²) >= 11 is 5.92. The van der Waals surface area contributed by atoms with Gasteiger partial charge in [0, 0.05) is 17.0 Å². The van der Waals surface area contributed by atoms with Crippen LogP contribution >= 0.6 is 24.0 Å². The van der Waals surface area contributed by atoms with Crippen molar-refractivity contribution in [1.82, 2.24) is 20.8 Å². The van der Waals surface area contributed by atoms with Crippen LogP contribution in [0, 0.1) is 0 Å². The Bertz CT molecular complexity index is 604. The van der Waals surface area contributed by atoms with Crippen molar-refractivity contribution in [2.24, 2.45) is 0 Å². The number of nitrogens with zero attached hydrogens (tertiary/aromatic N) is 2. The van der Waals surface area contributed by atoms with Crippen LogP contribution in [0.4, 0.5) is 0 Å². The van der Waals surface area contributed by atoms with Crippen LogP contribution < -0.4 is 10.6 Å². The van der Waals surface area contributed by atoms with Gasteiger partial charge in [-0.25, -0.2) is 0 Å². The van der Waals surface area contributed by atoms with E-state index in [9.17, 15) is 4.79 Å². The van der Waals surface area contributed by atoms with E-state index >= 15 is 0 Å². The van der Waals surface area contributed by atoms with Gasteiger partial charge in [0.1, 0.15) is 0 Å². The Kier molecular flexibility index (Phi) is 7.87. The summed E-state index contributed by atoms with van der Waals surface area (Å²) in [7, 11) is 1.85. The molecule has 2 rings (SSSR count). The summed E-state index contributed by atoms with van der Waals surface area (Å²) in [5.41, 5.74) is 0.776. The van der Waals surface area contributed by atoms with Crippen LogP contribution in [0.5, 0.6) is 0 Å². The van der Waals surface area contributed by atoms with E-state index in [1.807, 2.05) is 19.2 Å². The molecule has 120 valence electrons. The topological polar surface area (TPSA) is 80.0 Å². The molecule has 0 saturated carbocycles. The van der Waals surface area contributed by atoms with Gasteiger partial charge in [0.25, 0.3) is 0 Å². The van der Waals surface area contributed by atoms with Gasteiger partial charge < -0.3 is 15.2 Å². The first-order chi connectivity index (χ1) is 10.2. The smallest absolute Gasteiger partial charge is 0.246 e. The van der Waals surface area contributed by atoms with Crippen molar-refractivity contribution in [2.45, 2.75) is 19.4 Å². The number of benzene rings is 1. The quantitative estimate of drug-likeness (QED) is 0.754. The van der Waals surface area contributed by atoms with Crippen LogP contribution in [0.2, 0.25) is 5.02 Å². The minimum absolute atomic E-state index is 0. The number of nitrogens with one attached hydrogen (secondary N) is 2. The van der Waals surface area contributed by atoms with E-state index in [-0.39, 0.29) is 24.9 Å². The lowest BCUT2D eigenvalue weighted by atomic mass is 10.2. The standard InChI is InChI=1S/C14H17ClN4O2.ClH/c1-16-7-3-6-12(20)17-9-13-18-14(19-21-13)10-4-2-5-11(15)8-10;/h2,4-5,8,16H,3,6-7,9H2,1H3,(H,17,20);1H. The zero-order chi connectivity index (χ0) is 15.1. The zero-order valence-corrected chi connectivity index (χ0v) is 13.7. The highest BCUT2D eigenvalue weighted by molar-refractivity contribution is 6.30. The van der Waals surface area contributed by atoms with Gasteiger partial charge >= 0.3 is 0 Å². The summed E-state index contributed by atoms with van der Waals surface area (Å²) < 4.78 is 5.10. The van der Waals surface area contributed by atoms with Gasteiger partial charge in [-0.2, -0.15) is 4.98 Å². The molecule has 0 saturated heterocycles. The Morgan fingerprint density at radius 1 is 1.41 bits per heavy atom. The van der Waals surface area contributed by atoms with E-state index in [1.165, 1.54) is 0 Å². The van der Waals surface area contributed by atoms with Gasteiger partial charge in [0.05, 0.1) is 6.54 Å². The molecule has 1 amide bonds. The molecule has 22 heavy (non-hydrogen) atoms. The molecule has 0 atom stereocenters. The van der Waals surface area contributed by atoms with Crippen molar-refractivity contribution in [3.05, 3.63) is 35.2 Å². The van der Waals surface area contributed by atoms with Crippen molar-refractivity contribution in [1.29, 1.82) is 0 Å². The number of rotatable bonds is 7. The van der Waals surface area contributed by atoms with Crippen molar-refractivity contribution in [3.63, 3.8) is 0 Å². The molecule has 1 aromatic carbocycles. The van der Waals surface area contributed by atoms with Gasteiger partial charge in [-0.1, -0.05) is 28.9 Å². The number of carbonyl (C=O) groups is 1. The molecule has 0 radical (unpaired) electrons. The minimum Gasteiger partial charge on any atom is -0.347 e.